The van der Waals surface area contributed by atoms with E-state index in [-0.39, 0.29) is 11.5 Å². The molecule has 0 radical (unpaired) electrons. The summed E-state index contributed by atoms with van der Waals surface area (Å²) in [6, 6.07) is 6.29. The summed E-state index contributed by atoms with van der Waals surface area (Å²) in [5.74, 6) is 0.566. The quantitative estimate of drug-likeness (QED) is 0.642. The van der Waals surface area contributed by atoms with E-state index in [2.05, 4.69) is 0 Å². The summed E-state index contributed by atoms with van der Waals surface area (Å²) >= 11 is 0. The smallest absolute Gasteiger partial charge is 0.273 e. The molecule has 0 amide bonds. The third-order valence-electron chi connectivity index (χ3n) is 3.74. The number of fused-ring (bicyclic) bond motifs is 1. The van der Waals surface area contributed by atoms with Crippen LogP contribution in [0.5, 0.6) is 5.75 Å². The standard InChI is InChI=1S/C15H14N2O4/c1-21-15-9-10(17(19)20)5-6-13(15)16-8-7-11-12(16)3-2-4-14(11)18/h5-9H,2-4H2,1H3. The van der Waals surface area contributed by atoms with Crippen LogP contribution >= 0.6 is 0 Å². The van der Waals surface area contributed by atoms with Gasteiger partial charge in [0, 0.05) is 29.9 Å². The first-order valence-electron chi connectivity index (χ1n) is 6.68. The zero-order valence-electron chi connectivity index (χ0n) is 11.5. The van der Waals surface area contributed by atoms with Gasteiger partial charge in [-0.1, -0.05) is 0 Å². The number of nitro benzene ring substituents is 1. The highest BCUT2D eigenvalue weighted by Gasteiger charge is 2.23. The van der Waals surface area contributed by atoms with Crippen LogP contribution in [0.2, 0.25) is 0 Å². The van der Waals surface area contributed by atoms with E-state index >= 15 is 0 Å². The van der Waals surface area contributed by atoms with Gasteiger partial charge in [-0.15, -0.1) is 0 Å². The van der Waals surface area contributed by atoms with Crippen LogP contribution in [0, 0.1) is 10.1 Å². The average molecular weight is 286 g/mol. The van der Waals surface area contributed by atoms with Gasteiger partial charge in [-0.3, -0.25) is 14.9 Å². The third-order valence-corrected chi connectivity index (χ3v) is 3.74. The number of benzene rings is 1. The van der Waals surface area contributed by atoms with Crippen molar-refractivity contribution >= 4 is 11.5 Å². The normalized spacial score (nSPS) is 13.9. The number of aromatic nitrogens is 1. The first-order valence-corrected chi connectivity index (χ1v) is 6.68. The molecular weight excluding hydrogens is 272 g/mol. The highest BCUT2D eigenvalue weighted by molar-refractivity contribution is 5.98. The zero-order valence-corrected chi connectivity index (χ0v) is 11.5. The van der Waals surface area contributed by atoms with Crippen LogP contribution in [0.25, 0.3) is 5.69 Å². The fourth-order valence-electron chi connectivity index (χ4n) is 2.73. The summed E-state index contributed by atoms with van der Waals surface area (Å²) in [7, 11) is 1.48. The van der Waals surface area contributed by atoms with E-state index in [1.165, 1.54) is 19.2 Å². The molecule has 6 nitrogen and oxygen atoms in total. The Morgan fingerprint density at radius 3 is 2.81 bits per heavy atom. The number of nitrogens with zero attached hydrogens (tertiary/aromatic N) is 2. The van der Waals surface area contributed by atoms with Crippen molar-refractivity contribution in [2.75, 3.05) is 7.11 Å². The minimum Gasteiger partial charge on any atom is -0.494 e. The summed E-state index contributed by atoms with van der Waals surface area (Å²) in [4.78, 5) is 22.3. The Labute approximate surface area is 121 Å². The maximum Gasteiger partial charge on any atom is 0.273 e. The number of nitro groups is 1. The molecule has 0 atom stereocenters. The second-order valence-electron chi connectivity index (χ2n) is 4.94. The number of hydrogen-bond acceptors (Lipinski definition) is 4. The van der Waals surface area contributed by atoms with Gasteiger partial charge in [0.05, 0.1) is 23.8 Å². The van der Waals surface area contributed by atoms with E-state index in [4.69, 9.17) is 4.74 Å². The highest BCUT2D eigenvalue weighted by atomic mass is 16.6. The molecule has 0 spiro atoms. The van der Waals surface area contributed by atoms with Crippen molar-refractivity contribution in [1.82, 2.24) is 4.57 Å². The summed E-state index contributed by atoms with van der Waals surface area (Å²) in [6.07, 6.45) is 4.03. The molecule has 1 aliphatic carbocycles. The van der Waals surface area contributed by atoms with Gasteiger partial charge in [0.2, 0.25) is 0 Å². The average Bonchev–Trinajstić information content (AvgIpc) is 2.91. The summed E-state index contributed by atoms with van der Waals surface area (Å²) in [5, 5.41) is 10.8. The predicted molar refractivity (Wildman–Crippen MR) is 76.2 cm³/mol. The van der Waals surface area contributed by atoms with Crippen molar-refractivity contribution in [3.63, 3.8) is 0 Å². The lowest BCUT2D eigenvalue weighted by Gasteiger charge is -2.16. The van der Waals surface area contributed by atoms with Crippen molar-refractivity contribution in [2.24, 2.45) is 0 Å². The number of methoxy groups -OCH3 is 1. The van der Waals surface area contributed by atoms with Crippen LogP contribution in [0.4, 0.5) is 5.69 Å². The fraction of sp³-hybridized carbons (Fsp3) is 0.267. The molecule has 0 aliphatic heterocycles. The predicted octanol–water partition coefficient (Wildman–Crippen LogP) is 2.91. The molecule has 1 aromatic carbocycles. The first kappa shape index (κ1) is 13.4. The van der Waals surface area contributed by atoms with E-state index in [1.807, 2.05) is 10.8 Å². The van der Waals surface area contributed by atoms with Gasteiger partial charge in [0.1, 0.15) is 5.75 Å². The Kier molecular flexibility index (Phi) is 3.21. The van der Waals surface area contributed by atoms with Crippen molar-refractivity contribution in [3.8, 4) is 11.4 Å². The molecule has 0 saturated carbocycles. The lowest BCUT2D eigenvalue weighted by molar-refractivity contribution is -0.384. The lowest BCUT2D eigenvalue weighted by Crippen LogP contribution is -2.12. The van der Waals surface area contributed by atoms with E-state index in [0.29, 0.717) is 17.9 Å². The molecule has 1 aromatic heterocycles. The van der Waals surface area contributed by atoms with Crippen LogP contribution in [0.1, 0.15) is 28.9 Å². The molecule has 0 saturated heterocycles. The summed E-state index contributed by atoms with van der Waals surface area (Å²) < 4.78 is 7.15. The van der Waals surface area contributed by atoms with Crippen LogP contribution < -0.4 is 4.74 Å². The van der Waals surface area contributed by atoms with Crippen molar-refractivity contribution in [2.45, 2.75) is 19.3 Å². The molecule has 1 heterocycles. The number of ketones is 1. The number of rotatable bonds is 3. The highest BCUT2D eigenvalue weighted by Crippen LogP contribution is 2.32. The number of ether oxygens (including phenoxy) is 1. The molecule has 3 rings (SSSR count). The zero-order chi connectivity index (χ0) is 15.0. The molecule has 108 valence electrons. The second kappa shape index (κ2) is 5.05. The molecule has 0 bridgehead atoms. The molecule has 1 aliphatic rings. The molecule has 0 unspecified atom stereocenters. The minimum absolute atomic E-state index is 0.0206. The van der Waals surface area contributed by atoms with Gasteiger partial charge in [-0.2, -0.15) is 0 Å². The van der Waals surface area contributed by atoms with E-state index in [1.54, 1.807) is 12.1 Å². The van der Waals surface area contributed by atoms with Crippen LogP contribution in [0.15, 0.2) is 30.5 Å². The number of carbonyl (C=O) groups excluding carboxylic acids is 1. The van der Waals surface area contributed by atoms with Crippen molar-refractivity contribution in [3.05, 3.63) is 51.8 Å². The Bertz CT molecular complexity index is 733. The summed E-state index contributed by atoms with van der Waals surface area (Å²) in [5.41, 5.74) is 2.37. The van der Waals surface area contributed by atoms with Gasteiger partial charge < -0.3 is 9.30 Å². The maximum atomic E-state index is 11.9. The molecular formula is C15H14N2O4. The topological polar surface area (TPSA) is 74.4 Å². The van der Waals surface area contributed by atoms with Crippen LogP contribution in [-0.2, 0) is 6.42 Å². The first-order chi connectivity index (χ1) is 10.1. The number of carbonyl (C=O) groups is 1. The van der Waals surface area contributed by atoms with E-state index in [9.17, 15) is 14.9 Å². The molecule has 0 fully saturated rings. The Morgan fingerprint density at radius 1 is 1.29 bits per heavy atom. The molecule has 0 N–H and O–H groups in total. The van der Waals surface area contributed by atoms with Gasteiger partial charge in [0.25, 0.3) is 5.69 Å². The largest absolute Gasteiger partial charge is 0.494 e. The Hall–Kier alpha value is -2.63. The lowest BCUT2D eigenvalue weighted by atomic mass is 9.96. The van der Waals surface area contributed by atoms with E-state index in [0.717, 1.165) is 24.1 Å². The number of Topliss-reactive ketones (excluding diaryl/α,β-unsaturated/α-hetero) is 1. The Morgan fingerprint density at radius 2 is 2.10 bits per heavy atom. The number of non-ortho nitro benzene ring substituents is 1. The molecule has 6 heteroatoms. The van der Waals surface area contributed by atoms with Gasteiger partial charge in [-0.05, 0) is 25.0 Å². The number of hydrogen-bond donors (Lipinski definition) is 0. The van der Waals surface area contributed by atoms with Gasteiger partial charge in [-0.25, -0.2) is 0 Å². The monoisotopic (exact) mass is 286 g/mol. The van der Waals surface area contributed by atoms with Crippen molar-refractivity contribution < 1.29 is 14.5 Å². The van der Waals surface area contributed by atoms with Gasteiger partial charge in [0.15, 0.2) is 5.78 Å². The van der Waals surface area contributed by atoms with Crippen LogP contribution in [-0.4, -0.2) is 22.4 Å². The fourth-order valence-corrected chi connectivity index (χ4v) is 2.73. The van der Waals surface area contributed by atoms with Crippen molar-refractivity contribution in [1.29, 1.82) is 0 Å². The van der Waals surface area contributed by atoms with Gasteiger partial charge >= 0.3 is 0 Å². The molecule has 2 aromatic rings. The van der Waals surface area contributed by atoms with E-state index < -0.39 is 4.92 Å². The third kappa shape index (κ3) is 2.18. The minimum atomic E-state index is -0.457. The SMILES string of the molecule is COc1cc([N+](=O)[O-])ccc1-n1ccc2c1CCCC2=O. The molecule has 21 heavy (non-hydrogen) atoms. The maximum absolute atomic E-state index is 11.9. The van der Waals surface area contributed by atoms with Crippen LogP contribution in [0.3, 0.4) is 0 Å². The second-order valence-corrected chi connectivity index (χ2v) is 4.94. The summed E-state index contributed by atoms with van der Waals surface area (Å²) in [6.45, 7) is 0. The Balaban J connectivity index is 2.13.